The van der Waals surface area contributed by atoms with Crippen molar-refractivity contribution in [2.75, 3.05) is 36.1 Å². The molecule has 1 saturated carbocycles. The summed E-state index contributed by atoms with van der Waals surface area (Å²) in [6.07, 6.45) is 3.96. The van der Waals surface area contributed by atoms with Crippen LogP contribution in [-0.2, 0) is 6.54 Å². The Balaban J connectivity index is 1.26. The molecule has 4 aliphatic rings. The minimum atomic E-state index is -0.943. The number of nitrogens with zero attached hydrogens (tertiary/aromatic N) is 6. The van der Waals surface area contributed by atoms with Crippen molar-refractivity contribution < 1.29 is 22.6 Å². The van der Waals surface area contributed by atoms with Gasteiger partial charge in [0, 0.05) is 42.4 Å². The van der Waals surface area contributed by atoms with Crippen LogP contribution in [0.2, 0.25) is 5.02 Å². The summed E-state index contributed by atoms with van der Waals surface area (Å²) in [6.45, 7) is 1.62. The van der Waals surface area contributed by atoms with Crippen LogP contribution in [0, 0.1) is 11.6 Å². The van der Waals surface area contributed by atoms with Gasteiger partial charge < -0.3 is 25.8 Å². The van der Waals surface area contributed by atoms with Gasteiger partial charge in [-0.25, -0.2) is 23.1 Å². The van der Waals surface area contributed by atoms with Gasteiger partial charge in [-0.05, 0) is 50.4 Å². The number of hydrogen-bond acceptors (Lipinski definition) is 11. The standard InChI is InChI=1S/C33H30ClF3N8O2S/c34-23-21(17-4-5-18(36)28-25(17)41-31(39)48-28)24(37)26-22-27(23)47-20-7-6-19(20)45(12-15-3-1-9-40-29(15)38)30(22)43-32(42-26)46-14-33-8-2-10-44(33)13-16(35)11-33/h1,3-5,9,16,19-20H,2,6-8,10-14H2,(H2,38,40)(H2,39,41)/t16-,19+,20+,33+/m1/s1. The number of anilines is 3. The summed E-state index contributed by atoms with van der Waals surface area (Å²) in [5.74, 6) is -0.328. The van der Waals surface area contributed by atoms with Crippen LogP contribution in [0.3, 0.4) is 0 Å². The number of aromatic nitrogens is 4. The second-order valence-electron chi connectivity index (χ2n) is 13.1. The number of pyridine rings is 1. The number of nitrogens with two attached hydrogens (primary N) is 2. The number of ether oxygens (including phenoxy) is 2. The second kappa shape index (κ2) is 10.9. The van der Waals surface area contributed by atoms with Crippen LogP contribution in [-0.4, -0.2) is 68.4 Å². The van der Waals surface area contributed by atoms with E-state index in [0.29, 0.717) is 31.1 Å². The van der Waals surface area contributed by atoms with Crippen LogP contribution >= 0.6 is 22.9 Å². The molecule has 15 heteroatoms. The average Bonchev–Trinajstić information content (AvgIpc) is 3.71. The molecule has 4 N–H and O–H groups in total. The molecule has 0 amide bonds. The van der Waals surface area contributed by atoms with Crippen LogP contribution < -0.4 is 25.8 Å². The lowest BCUT2D eigenvalue weighted by atomic mass is 9.87. The maximum atomic E-state index is 17.2. The van der Waals surface area contributed by atoms with Crippen LogP contribution in [0.25, 0.3) is 32.2 Å². The average molecular weight is 695 g/mol. The smallest absolute Gasteiger partial charge is 0.319 e. The van der Waals surface area contributed by atoms with Crippen molar-refractivity contribution in [3.05, 3.63) is 52.7 Å². The van der Waals surface area contributed by atoms with Crippen molar-refractivity contribution in [2.24, 2.45) is 0 Å². The Morgan fingerprint density at radius 2 is 2.00 bits per heavy atom. The van der Waals surface area contributed by atoms with Crippen molar-refractivity contribution in [1.82, 2.24) is 24.8 Å². The van der Waals surface area contributed by atoms with E-state index in [-0.39, 0.29) is 72.9 Å². The van der Waals surface area contributed by atoms with E-state index < -0.39 is 23.3 Å². The van der Waals surface area contributed by atoms with Crippen molar-refractivity contribution in [1.29, 1.82) is 0 Å². The van der Waals surface area contributed by atoms with Crippen LogP contribution in [0.15, 0.2) is 30.5 Å². The highest BCUT2D eigenvalue weighted by molar-refractivity contribution is 7.22. The normalized spacial score (nSPS) is 24.8. The molecule has 248 valence electrons. The molecule has 2 saturated heterocycles. The van der Waals surface area contributed by atoms with Gasteiger partial charge >= 0.3 is 6.01 Å². The number of fused-ring (bicyclic) bond motifs is 3. The first-order valence-electron chi connectivity index (χ1n) is 15.9. The summed E-state index contributed by atoms with van der Waals surface area (Å²) < 4.78 is 59.7. The molecule has 10 nitrogen and oxygen atoms in total. The molecular formula is C33H30ClF3N8O2S. The number of hydrogen-bond donors (Lipinski definition) is 2. The Morgan fingerprint density at radius 3 is 2.81 bits per heavy atom. The molecule has 2 aromatic carbocycles. The summed E-state index contributed by atoms with van der Waals surface area (Å²) in [5.41, 5.74) is 12.9. The molecule has 0 bridgehead atoms. The predicted molar refractivity (Wildman–Crippen MR) is 178 cm³/mol. The number of thiazole rings is 1. The molecule has 3 aliphatic heterocycles. The van der Waals surface area contributed by atoms with Gasteiger partial charge in [-0.2, -0.15) is 9.97 Å². The molecule has 0 radical (unpaired) electrons. The highest BCUT2D eigenvalue weighted by atomic mass is 35.5. The van der Waals surface area contributed by atoms with Gasteiger partial charge in [0.05, 0.1) is 32.2 Å². The number of rotatable bonds is 6. The third-order valence-electron chi connectivity index (χ3n) is 10.3. The fourth-order valence-electron chi connectivity index (χ4n) is 7.91. The Bertz CT molecular complexity index is 2140. The number of alkyl halides is 1. The third-order valence-corrected chi connectivity index (χ3v) is 11.6. The van der Waals surface area contributed by atoms with E-state index in [0.717, 1.165) is 49.1 Å². The SMILES string of the molecule is Nc1nc2c(-c3c(Cl)c4c5c(nc(OC[C@@]67CCCN6C[C@H](F)C7)nc5c3F)N(Cc3cccnc3N)[C@H]3CC[C@@H]3O4)ccc(F)c2s1. The van der Waals surface area contributed by atoms with Crippen molar-refractivity contribution in [3.8, 4) is 22.9 Å². The van der Waals surface area contributed by atoms with Gasteiger partial charge in [0.2, 0.25) is 0 Å². The maximum Gasteiger partial charge on any atom is 0.319 e. The van der Waals surface area contributed by atoms with Crippen LogP contribution in [0.1, 0.15) is 37.7 Å². The van der Waals surface area contributed by atoms with E-state index in [1.54, 1.807) is 12.3 Å². The summed E-state index contributed by atoms with van der Waals surface area (Å²) in [6, 6.07) is 6.16. The first-order valence-corrected chi connectivity index (χ1v) is 17.1. The van der Waals surface area contributed by atoms with Crippen LogP contribution in [0.5, 0.6) is 11.8 Å². The van der Waals surface area contributed by atoms with Gasteiger partial charge in [-0.3, -0.25) is 4.90 Å². The minimum Gasteiger partial charge on any atom is -0.486 e. The molecule has 3 fully saturated rings. The number of nitrogen functional groups attached to an aromatic ring is 2. The van der Waals surface area contributed by atoms with E-state index in [1.165, 1.54) is 12.1 Å². The predicted octanol–water partition coefficient (Wildman–Crippen LogP) is 6.28. The maximum absolute atomic E-state index is 17.2. The minimum absolute atomic E-state index is 0.00757. The molecule has 3 aromatic heterocycles. The Labute approximate surface area is 281 Å². The first-order chi connectivity index (χ1) is 23.2. The zero-order valence-corrected chi connectivity index (χ0v) is 27.1. The molecule has 5 aromatic rings. The lowest BCUT2D eigenvalue weighted by Gasteiger charge is -2.42. The van der Waals surface area contributed by atoms with Gasteiger partial charge in [0.1, 0.15) is 41.9 Å². The monoisotopic (exact) mass is 694 g/mol. The topological polar surface area (TPSA) is 129 Å². The second-order valence-corrected chi connectivity index (χ2v) is 14.5. The van der Waals surface area contributed by atoms with Crippen LogP contribution in [0.4, 0.5) is 29.9 Å². The summed E-state index contributed by atoms with van der Waals surface area (Å²) >= 11 is 8.06. The fraction of sp³-hybridized carbons (Fsp3) is 0.394. The molecule has 0 spiro atoms. The molecule has 0 unspecified atom stereocenters. The van der Waals surface area contributed by atoms with E-state index in [1.807, 2.05) is 11.0 Å². The van der Waals surface area contributed by atoms with E-state index in [2.05, 4.69) is 19.9 Å². The quantitative estimate of drug-likeness (QED) is 0.210. The Kier molecular flexibility index (Phi) is 6.83. The fourth-order valence-corrected chi connectivity index (χ4v) is 9.00. The van der Waals surface area contributed by atoms with Gasteiger partial charge in [0.15, 0.2) is 16.7 Å². The molecule has 6 heterocycles. The molecule has 9 rings (SSSR count). The van der Waals surface area contributed by atoms with Gasteiger partial charge in [0.25, 0.3) is 0 Å². The highest BCUT2D eigenvalue weighted by Gasteiger charge is 2.50. The van der Waals surface area contributed by atoms with Crippen molar-refractivity contribution in [3.63, 3.8) is 0 Å². The van der Waals surface area contributed by atoms with Crippen molar-refractivity contribution >= 4 is 60.8 Å². The third kappa shape index (κ3) is 4.48. The van der Waals surface area contributed by atoms with E-state index in [4.69, 9.17) is 37.5 Å². The van der Waals surface area contributed by atoms with Gasteiger partial charge in [-0.1, -0.05) is 29.0 Å². The molecule has 48 heavy (non-hydrogen) atoms. The first kappa shape index (κ1) is 30.0. The Morgan fingerprint density at radius 1 is 1.12 bits per heavy atom. The van der Waals surface area contributed by atoms with E-state index >= 15 is 4.39 Å². The zero-order chi connectivity index (χ0) is 32.9. The molecule has 4 atom stereocenters. The Hall–Kier alpha value is -4.14. The number of halogens is 4. The molecular weight excluding hydrogens is 665 g/mol. The lowest BCUT2D eigenvalue weighted by molar-refractivity contribution is 0.0915. The summed E-state index contributed by atoms with van der Waals surface area (Å²) in [7, 11) is 0. The van der Waals surface area contributed by atoms with Gasteiger partial charge in [-0.15, -0.1) is 0 Å². The largest absolute Gasteiger partial charge is 0.486 e. The zero-order valence-electron chi connectivity index (χ0n) is 25.6. The summed E-state index contributed by atoms with van der Waals surface area (Å²) in [5, 5.41) is 0.410. The number of benzene rings is 2. The van der Waals surface area contributed by atoms with Crippen molar-refractivity contribution in [2.45, 2.75) is 62.5 Å². The lowest BCUT2D eigenvalue weighted by Crippen LogP contribution is -2.52. The highest BCUT2D eigenvalue weighted by Crippen LogP contribution is 2.52. The van der Waals surface area contributed by atoms with E-state index in [9.17, 15) is 8.78 Å². The summed E-state index contributed by atoms with van der Waals surface area (Å²) in [4.78, 5) is 22.3. The molecule has 1 aliphatic carbocycles.